The molecule has 0 N–H and O–H groups in total. The molecule has 480 valence electrons. The summed E-state index contributed by atoms with van der Waals surface area (Å²) in [7, 11) is 0. The van der Waals surface area contributed by atoms with Crippen molar-refractivity contribution in [3.63, 3.8) is 0 Å². The Hall–Kier alpha value is -12.8. The smallest absolute Gasteiger partial charge is 0.0361 e. The fourth-order valence-corrected chi connectivity index (χ4v) is 20.1. The molecule has 2 heteroatoms. The lowest BCUT2D eigenvalue weighted by molar-refractivity contribution is 1.65. The van der Waals surface area contributed by atoms with Gasteiger partial charge in [-0.3, -0.25) is 0 Å². The Morgan fingerprint density at radius 2 is 0.356 bits per heavy atom. The van der Waals surface area contributed by atoms with Crippen LogP contribution in [0.15, 0.2) is 364 Å². The molecule has 0 aliphatic heterocycles. The Morgan fingerprint density at radius 3 is 0.731 bits per heavy atom. The lowest BCUT2D eigenvalue weighted by atomic mass is 9.85. The van der Waals surface area contributed by atoms with Gasteiger partial charge < -0.3 is 0 Å². The highest BCUT2D eigenvalue weighted by Gasteiger charge is 2.22. The van der Waals surface area contributed by atoms with Crippen LogP contribution in [0.25, 0.3) is 225 Å². The highest BCUT2D eigenvalue weighted by molar-refractivity contribution is 7.26. The standard InChI is InChI=1S/C54H32S.C48H28S/c1-2-12-33(13-3-1)34-24-28-47-49(30-34)41-14-4-6-17-45(41)54-48-29-26-35(31-50(48)42-15-5-7-18-46(42)53(47)54)37-19-10-22-40-38(20-11-21-39(37)40)36-25-27-44-43-16-8-9-23-51(43)55-52(44)32-36;1-2-12-34-32(30-21-23-39-38-16-9-10-20-45(38)49-46(39)28-30)26-25-31(33(34)11-1)29-22-24-43-44(27-29)37-15-5-8-19-42(37)47-40-17-6-3-13-35(40)36-14-4-7-18-41(36)48(43)47/h1-32H;1-28H. The second kappa shape index (κ2) is 23.4. The summed E-state index contributed by atoms with van der Waals surface area (Å²) < 4.78 is 5.34. The molecule has 0 aliphatic rings. The molecule has 0 spiro atoms. The van der Waals surface area contributed by atoms with Gasteiger partial charge in [0.25, 0.3) is 0 Å². The molecule has 2 aromatic heterocycles. The first-order valence-corrected chi connectivity index (χ1v) is 37.6. The summed E-state index contributed by atoms with van der Waals surface area (Å²) in [6.07, 6.45) is 0. The van der Waals surface area contributed by atoms with Crippen LogP contribution in [-0.2, 0) is 0 Å². The van der Waals surface area contributed by atoms with Gasteiger partial charge in [0.05, 0.1) is 0 Å². The molecule has 0 bridgehead atoms. The van der Waals surface area contributed by atoms with Gasteiger partial charge in [0.1, 0.15) is 0 Å². The third-order valence-corrected chi connectivity index (χ3v) is 24.7. The van der Waals surface area contributed by atoms with Gasteiger partial charge in [-0.15, -0.1) is 22.7 Å². The van der Waals surface area contributed by atoms with Gasteiger partial charge in [-0.05, 0) is 227 Å². The molecule has 0 saturated carbocycles. The van der Waals surface area contributed by atoms with E-state index in [9.17, 15) is 0 Å². The van der Waals surface area contributed by atoms with Gasteiger partial charge in [0.2, 0.25) is 0 Å². The quantitative estimate of drug-likeness (QED) is 0.151. The maximum absolute atomic E-state index is 2.44. The van der Waals surface area contributed by atoms with Crippen LogP contribution < -0.4 is 0 Å². The van der Waals surface area contributed by atoms with Gasteiger partial charge in [-0.25, -0.2) is 0 Å². The van der Waals surface area contributed by atoms with Gasteiger partial charge >= 0.3 is 0 Å². The second-order valence-corrected chi connectivity index (χ2v) is 30.1. The number of benzene rings is 21. The van der Waals surface area contributed by atoms with E-state index in [4.69, 9.17) is 0 Å². The number of hydrogen-bond acceptors (Lipinski definition) is 2. The summed E-state index contributed by atoms with van der Waals surface area (Å²) in [5.41, 5.74) is 12.5. The zero-order chi connectivity index (χ0) is 68.1. The Kier molecular flexibility index (Phi) is 13.2. The molecule has 0 amide bonds. The molecular formula is C102H60S2. The summed E-state index contributed by atoms with van der Waals surface area (Å²) >= 11 is 3.76. The monoisotopic (exact) mass is 1350 g/mol. The molecule has 21 aromatic carbocycles. The minimum absolute atomic E-state index is 1.23. The highest BCUT2D eigenvalue weighted by atomic mass is 32.1. The highest BCUT2D eigenvalue weighted by Crippen LogP contribution is 2.50. The first-order valence-electron chi connectivity index (χ1n) is 35.9. The third-order valence-electron chi connectivity index (χ3n) is 22.5. The fourth-order valence-electron chi connectivity index (χ4n) is 17.8. The maximum Gasteiger partial charge on any atom is 0.0361 e. The first kappa shape index (κ1) is 58.9. The van der Waals surface area contributed by atoms with E-state index in [-0.39, 0.29) is 0 Å². The van der Waals surface area contributed by atoms with Crippen LogP contribution in [0.4, 0.5) is 0 Å². The van der Waals surface area contributed by atoms with Crippen LogP contribution in [0.3, 0.4) is 0 Å². The zero-order valence-electron chi connectivity index (χ0n) is 56.5. The van der Waals surface area contributed by atoms with Gasteiger partial charge in [0, 0.05) is 40.3 Å². The Morgan fingerprint density at radius 1 is 0.115 bits per heavy atom. The van der Waals surface area contributed by atoms with E-state index in [1.165, 1.54) is 225 Å². The van der Waals surface area contributed by atoms with E-state index in [1.54, 1.807) is 0 Å². The largest absolute Gasteiger partial charge is 0.135 e. The van der Waals surface area contributed by atoms with Crippen LogP contribution in [-0.4, -0.2) is 0 Å². The van der Waals surface area contributed by atoms with Crippen molar-refractivity contribution in [1.82, 2.24) is 0 Å². The van der Waals surface area contributed by atoms with Crippen molar-refractivity contribution in [1.29, 1.82) is 0 Å². The minimum atomic E-state index is 1.23. The minimum Gasteiger partial charge on any atom is -0.135 e. The van der Waals surface area contributed by atoms with E-state index >= 15 is 0 Å². The molecule has 23 aromatic rings. The van der Waals surface area contributed by atoms with Crippen molar-refractivity contribution >= 4 is 192 Å². The molecule has 23 rings (SSSR count). The number of fused-ring (bicyclic) bond motifs is 30. The number of rotatable bonds is 5. The molecule has 2 heterocycles. The summed E-state index contributed by atoms with van der Waals surface area (Å²) in [6.45, 7) is 0. The lowest BCUT2D eigenvalue weighted by Gasteiger charge is -2.18. The van der Waals surface area contributed by atoms with Gasteiger partial charge in [-0.2, -0.15) is 0 Å². The number of thiophene rings is 2. The van der Waals surface area contributed by atoms with E-state index in [0.717, 1.165) is 0 Å². The van der Waals surface area contributed by atoms with E-state index in [2.05, 4.69) is 364 Å². The van der Waals surface area contributed by atoms with E-state index in [1.807, 2.05) is 22.7 Å². The normalized spacial score (nSPS) is 12.0. The third kappa shape index (κ3) is 9.03. The average molecular weight is 1350 g/mol. The van der Waals surface area contributed by atoms with E-state index in [0.29, 0.717) is 0 Å². The molecular weight excluding hydrogens is 1290 g/mol. The molecule has 104 heavy (non-hydrogen) atoms. The summed E-state index contributed by atoms with van der Waals surface area (Å²) in [4.78, 5) is 0. The molecule has 0 saturated heterocycles. The van der Waals surface area contributed by atoms with Crippen LogP contribution in [0.1, 0.15) is 0 Å². The van der Waals surface area contributed by atoms with Gasteiger partial charge in [-0.1, -0.05) is 322 Å². The average Bonchev–Trinajstić information content (AvgIpc) is 0.792. The van der Waals surface area contributed by atoms with Crippen molar-refractivity contribution < 1.29 is 0 Å². The predicted molar refractivity (Wildman–Crippen MR) is 456 cm³/mol. The van der Waals surface area contributed by atoms with E-state index < -0.39 is 0 Å². The molecule has 0 fully saturated rings. The predicted octanol–water partition coefficient (Wildman–Crippen LogP) is 30.3. The SMILES string of the molecule is c1ccc(-c2ccc3c(c2)c2ccccc2c2c4ccc(-c5cccc6c(-c7ccc8c(c7)sc7ccccc78)cccc56)cc4c4ccccc4c32)cc1.c1ccc2c(c1)sc1cc(-c3ccc(-c4ccc5c(c4)c4ccccc4c4c6ccccc6c6ccccc6c54)c4ccccc34)ccc12. The Balaban J connectivity index is 0.000000132. The van der Waals surface area contributed by atoms with Crippen LogP contribution >= 0.6 is 22.7 Å². The molecule has 0 radical (unpaired) electrons. The molecule has 0 nitrogen and oxygen atoms in total. The summed E-state index contributed by atoms with van der Waals surface area (Å²) in [5, 5.41) is 36.6. The van der Waals surface area contributed by atoms with Crippen LogP contribution in [0, 0.1) is 0 Å². The summed E-state index contributed by atoms with van der Waals surface area (Å²) in [5.74, 6) is 0. The van der Waals surface area contributed by atoms with Crippen molar-refractivity contribution in [2.45, 2.75) is 0 Å². The maximum atomic E-state index is 2.44. The fraction of sp³-hybridized carbons (Fsp3) is 0. The van der Waals surface area contributed by atoms with Crippen LogP contribution in [0.5, 0.6) is 0 Å². The topological polar surface area (TPSA) is 0 Å². The molecule has 0 unspecified atom stereocenters. The summed E-state index contributed by atoms with van der Waals surface area (Å²) in [6, 6.07) is 135. The molecule has 0 aliphatic carbocycles. The van der Waals surface area contributed by atoms with Crippen molar-refractivity contribution in [2.24, 2.45) is 0 Å². The first-order chi connectivity index (χ1) is 51.6. The zero-order valence-corrected chi connectivity index (χ0v) is 58.1. The van der Waals surface area contributed by atoms with Crippen molar-refractivity contribution in [2.75, 3.05) is 0 Å². The molecule has 0 atom stereocenters. The van der Waals surface area contributed by atoms with Crippen molar-refractivity contribution in [3.8, 4) is 55.6 Å². The number of hydrogen-bond donors (Lipinski definition) is 0. The van der Waals surface area contributed by atoms with Crippen molar-refractivity contribution in [3.05, 3.63) is 364 Å². The van der Waals surface area contributed by atoms with Gasteiger partial charge in [0.15, 0.2) is 0 Å². The second-order valence-electron chi connectivity index (χ2n) is 27.9. The Labute approximate surface area is 607 Å². The lowest BCUT2D eigenvalue weighted by Crippen LogP contribution is -1.90. The van der Waals surface area contributed by atoms with Crippen LogP contribution in [0.2, 0.25) is 0 Å². The Bertz CT molecular complexity index is 7600.